The lowest BCUT2D eigenvalue weighted by Crippen LogP contribution is -2.49. The Morgan fingerprint density at radius 1 is 1.14 bits per heavy atom. The predicted molar refractivity (Wildman–Crippen MR) is 79.8 cm³/mol. The van der Waals surface area contributed by atoms with Crippen molar-refractivity contribution in [3.05, 3.63) is 35.4 Å². The van der Waals surface area contributed by atoms with Gasteiger partial charge in [-0.2, -0.15) is 0 Å². The molecule has 116 valence electrons. The van der Waals surface area contributed by atoms with Gasteiger partial charge in [0.05, 0.1) is 0 Å². The average molecular weight is 294 g/mol. The number of nitrogens with two attached hydrogens (primary N) is 1. The Bertz CT molecular complexity index is 490. The second-order valence-electron chi connectivity index (χ2n) is 6.52. The molecule has 3 unspecified atom stereocenters. The maximum absolute atomic E-state index is 13.8. The standard InChI is InChI=1S/C17H24F2N2/c18-13-7-8-15(19)14(10-13)16(20)11-21-9-3-5-12-4-1-2-6-17(12)21/h7-8,10,12,16-17H,1-6,9,11,20H2. The van der Waals surface area contributed by atoms with E-state index < -0.39 is 17.7 Å². The summed E-state index contributed by atoms with van der Waals surface area (Å²) in [6.45, 7) is 1.66. The van der Waals surface area contributed by atoms with Crippen LogP contribution in [-0.4, -0.2) is 24.0 Å². The van der Waals surface area contributed by atoms with Gasteiger partial charge in [-0.15, -0.1) is 0 Å². The van der Waals surface area contributed by atoms with Gasteiger partial charge in [-0.25, -0.2) is 8.78 Å². The smallest absolute Gasteiger partial charge is 0.128 e. The number of hydrogen-bond acceptors (Lipinski definition) is 2. The number of nitrogens with zero attached hydrogens (tertiary/aromatic N) is 1. The molecule has 0 bridgehead atoms. The van der Waals surface area contributed by atoms with Crippen LogP contribution in [0.15, 0.2) is 18.2 Å². The molecule has 0 radical (unpaired) electrons. The van der Waals surface area contributed by atoms with E-state index in [0.29, 0.717) is 18.2 Å². The molecule has 3 atom stereocenters. The van der Waals surface area contributed by atoms with E-state index in [4.69, 9.17) is 5.73 Å². The number of piperidine rings is 1. The second kappa shape index (κ2) is 6.41. The number of fused-ring (bicyclic) bond motifs is 1. The maximum Gasteiger partial charge on any atom is 0.128 e. The van der Waals surface area contributed by atoms with Crippen LogP contribution in [0, 0.1) is 17.6 Å². The van der Waals surface area contributed by atoms with E-state index in [0.717, 1.165) is 18.5 Å². The number of rotatable bonds is 3. The van der Waals surface area contributed by atoms with Gasteiger partial charge in [0, 0.05) is 24.2 Å². The molecule has 1 heterocycles. The second-order valence-corrected chi connectivity index (χ2v) is 6.52. The van der Waals surface area contributed by atoms with Crippen molar-refractivity contribution in [2.75, 3.05) is 13.1 Å². The van der Waals surface area contributed by atoms with Gasteiger partial charge in [-0.1, -0.05) is 12.8 Å². The molecule has 1 aliphatic carbocycles. The minimum atomic E-state index is -0.457. The largest absolute Gasteiger partial charge is 0.323 e. The fraction of sp³-hybridized carbons (Fsp3) is 0.647. The van der Waals surface area contributed by atoms with Gasteiger partial charge >= 0.3 is 0 Å². The van der Waals surface area contributed by atoms with Crippen LogP contribution in [0.2, 0.25) is 0 Å². The third-order valence-corrected chi connectivity index (χ3v) is 5.15. The summed E-state index contributed by atoms with van der Waals surface area (Å²) in [5, 5.41) is 0. The van der Waals surface area contributed by atoms with Crippen LogP contribution in [0.5, 0.6) is 0 Å². The summed E-state index contributed by atoms with van der Waals surface area (Å²) in [6.07, 6.45) is 7.65. The third-order valence-electron chi connectivity index (χ3n) is 5.15. The lowest BCUT2D eigenvalue weighted by atomic mass is 9.78. The lowest BCUT2D eigenvalue weighted by Gasteiger charge is -2.45. The molecule has 3 rings (SSSR count). The number of halogens is 2. The van der Waals surface area contributed by atoms with Crippen molar-refractivity contribution in [1.82, 2.24) is 4.90 Å². The molecule has 0 spiro atoms. The Balaban J connectivity index is 1.71. The molecule has 4 heteroatoms. The van der Waals surface area contributed by atoms with E-state index in [1.807, 2.05) is 0 Å². The van der Waals surface area contributed by atoms with E-state index in [1.54, 1.807) is 0 Å². The first-order valence-corrected chi connectivity index (χ1v) is 8.09. The van der Waals surface area contributed by atoms with Crippen LogP contribution in [0.1, 0.15) is 50.1 Å². The molecule has 21 heavy (non-hydrogen) atoms. The molecule has 1 aromatic carbocycles. The van der Waals surface area contributed by atoms with Crippen LogP contribution in [0.4, 0.5) is 8.78 Å². The van der Waals surface area contributed by atoms with Crippen LogP contribution in [0.25, 0.3) is 0 Å². The molecule has 0 aromatic heterocycles. The van der Waals surface area contributed by atoms with Gasteiger partial charge in [0.2, 0.25) is 0 Å². The third kappa shape index (κ3) is 3.27. The van der Waals surface area contributed by atoms with Gasteiger partial charge < -0.3 is 5.73 Å². The predicted octanol–water partition coefficient (Wildman–Crippen LogP) is 3.62. The van der Waals surface area contributed by atoms with E-state index in [9.17, 15) is 8.78 Å². The van der Waals surface area contributed by atoms with Gasteiger partial charge in [0.15, 0.2) is 0 Å². The minimum absolute atomic E-state index is 0.299. The minimum Gasteiger partial charge on any atom is -0.323 e. The molecular formula is C17H24F2N2. The summed E-state index contributed by atoms with van der Waals surface area (Å²) in [5.41, 5.74) is 6.47. The van der Waals surface area contributed by atoms with E-state index in [-0.39, 0.29) is 0 Å². The SMILES string of the molecule is NC(CN1CCCC2CCCCC21)c1cc(F)ccc1F. The molecule has 1 aliphatic heterocycles. The number of likely N-dealkylation sites (tertiary alicyclic amines) is 1. The fourth-order valence-electron chi connectivity index (χ4n) is 4.10. The summed E-state index contributed by atoms with van der Waals surface area (Å²) in [7, 11) is 0. The molecule has 2 fully saturated rings. The summed E-state index contributed by atoms with van der Waals surface area (Å²) < 4.78 is 27.2. The summed E-state index contributed by atoms with van der Waals surface area (Å²) in [4.78, 5) is 2.42. The molecular weight excluding hydrogens is 270 g/mol. The molecule has 0 amide bonds. The first-order chi connectivity index (χ1) is 10.1. The fourth-order valence-corrected chi connectivity index (χ4v) is 4.10. The summed E-state index contributed by atoms with van der Waals surface area (Å²) in [6, 6.07) is 3.69. The first kappa shape index (κ1) is 14.9. The van der Waals surface area contributed by atoms with Crippen LogP contribution in [0.3, 0.4) is 0 Å². The Morgan fingerprint density at radius 2 is 1.90 bits per heavy atom. The number of benzene rings is 1. The normalized spacial score (nSPS) is 28.1. The molecule has 2 nitrogen and oxygen atoms in total. The van der Waals surface area contributed by atoms with E-state index in [2.05, 4.69) is 4.90 Å². The van der Waals surface area contributed by atoms with Gasteiger partial charge in [-0.3, -0.25) is 4.90 Å². The van der Waals surface area contributed by atoms with Crippen molar-refractivity contribution in [3.8, 4) is 0 Å². The molecule has 2 aliphatic rings. The van der Waals surface area contributed by atoms with E-state index >= 15 is 0 Å². The van der Waals surface area contributed by atoms with Gasteiger partial charge in [-0.05, 0) is 56.3 Å². The van der Waals surface area contributed by atoms with Gasteiger partial charge in [0.1, 0.15) is 11.6 Å². The highest BCUT2D eigenvalue weighted by atomic mass is 19.1. The van der Waals surface area contributed by atoms with Crippen molar-refractivity contribution in [2.45, 2.75) is 50.6 Å². The topological polar surface area (TPSA) is 29.3 Å². The Kier molecular flexibility index (Phi) is 4.55. The monoisotopic (exact) mass is 294 g/mol. The summed E-state index contributed by atoms with van der Waals surface area (Å²) in [5.74, 6) is -0.0470. The van der Waals surface area contributed by atoms with Crippen molar-refractivity contribution in [3.63, 3.8) is 0 Å². The zero-order chi connectivity index (χ0) is 14.8. The maximum atomic E-state index is 13.8. The van der Waals surface area contributed by atoms with Crippen molar-refractivity contribution < 1.29 is 8.78 Å². The quantitative estimate of drug-likeness (QED) is 0.922. The zero-order valence-electron chi connectivity index (χ0n) is 12.4. The highest BCUT2D eigenvalue weighted by Crippen LogP contribution is 2.36. The molecule has 1 saturated carbocycles. The lowest BCUT2D eigenvalue weighted by molar-refractivity contribution is 0.0559. The molecule has 1 saturated heterocycles. The van der Waals surface area contributed by atoms with Crippen LogP contribution >= 0.6 is 0 Å². The van der Waals surface area contributed by atoms with Gasteiger partial charge in [0.25, 0.3) is 0 Å². The Hall–Kier alpha value is -1.00. The van der Waals surface area contributed by atoms with Crippen molar-refractivity contribution in [1.29, 1.82) is 0 Å². The van der Waals surface area contributed by atoms with Crippen molar-refractivity contribution in [2.24, 2.45) is 11.7 Å². The van der Waals surface area contributed by atoms with Crippen molar-refractivity contribution >= 4 is 0 Å². The average Bonchev–Trinajstić information content (AvgIpc) is 2.50. The highest BCUT2D eigenvalue weighted by Gasteiger charge is 2.34. The zero-order valence-corrected chi connectivity index (χ0v) is 12.4. The van der Waals surface area contributed by atoms with Crippen LogP contribution < -0.4 is 5.73 Å². The van der Waals surface area contributed by atoms with Crippen LogP contribution in [-0.2, 0) is 0 Å². The summed E-state index contributed by atoms with van der Waals surface area (Å²) >= 11 is 0. The Morgan fingerprint density at radius 3 is 2.76 bits per heavy atom. The first-order valence-electron chi connectivity index (χ1n) is 8.09. The Labute approximate surface area is 125 Å². The molecule has 2 N–H and O–H groups in total. The highest BCUT2D eigenvalue weighted by molar-refractivity contribution is 5.22. The van der Waals surface area contributed by atoms with E-state index in [1.165, 1.54) is 50.7 Å². The number of hydrogen-bond donors (Lipinski definition) is 1. The molecule has 1 aromatic rings.